The number of rotatable bonds is 2. The molecule has 0 radical (unpaired) electrons. The van der Waals surface area contributed by atoms with Gasteiger partial charge in [0.05, 0.1) is 5.60 Å². The third-order valence-corrected chi connectivity index (χ3v) is 2.30. The molecule has 2 nitrogen and oxygen atoms in total. The molecule has 1 heterocycles. The average molecular weight is 142 g/mol. The molecule has 10 heavy (non-hydrogen) atoms. The molecule has 58 valence electrons. The molecule has 1 atom stereocenters. The maximum atomic E-state index is 10.2. The molecule has 0 spiro atoms. The van der Waals surface area contributed by atoms with Crippen LogP contribution in [-0.4, -0.2) is 18.5 Å². The lowest BCUT2D eigenvalue weighted by Crippen LogP contribution is -2.27. The van der Waals surface area contributed by atoms with Crippen LogP contribution >= 0.6 is 0 Å². The number of ether oxygens (including phenoxy) is 1. The Morgan fingerprint density at radius 1 is 1.70 bits per heavy atom. The highest BCUT2D eigenvalue weighted by molar-refractivity contribution is 5.50. The van der Waals surface area contributed by atoms with Gasteiger partial charge in [-0.3, -0.25) is 0 Å². The minimum atomic E-state index is -0.0685. The van der Waals surface area contributed by atoms with Crippen molar-refractivity contribution < 1.29 is 9.53 Å². The molecule has 0 aromatic heterocycles. The van der Waals surface area contributed by atoms with Crippen LogP contribution in [0.2, 0.25) is 0 Å². The van der Waals surface area contributed by atoms with E-state index in [1.807, 2.05) is 13.8 Å². The Morgan fingerprint density at radius 3 is 2.80 bits per heavy atom. The van der Waals surface area contributed by atoms with E-state index in [-0.39, 0.29) is 5.60 Å². The molecule has 0 aromatic carbocycles. The summed E-state index contributed by atoms with van der Waals surface area (Å²) in [6, 6.07) is 0. The molecule has 0 aliphatic carbocycles. The summed E-state index contributed by atoms with van der Waals surface area (Å²) in [7, 11) is 0. The lowest BCUT2D eigenvalue weighted by molar-refractivity contribution is -0.109. The quantitative estimate of drug-likeness (QED) is 0.544. The molecule has 2 heteroatoms. The van der Waals surface area contributed by atoms with Crippen molar-refractivity contribution in [3.63, 3.8) is 0 Å². The Bertz CT molecular complexity index is 129. The van der Waals surface area contributed by atoms with Crippen molar-refractivity contribution in [3.05, 3.63) is 0 Å². The summed E-state index contributed by atoms with van der Waals surface area (Å²) in [5.41, 5.74) is -0.0685. The van der Waals surface area contributed by atoms with Gasteiger partial charge in [-0.2, -0.15) is 0 Å². The maximum absolute atomic E-state index is 10.2. The predicted molar refractivity (Wildman–Crippen MR) is 38.8 cm³/mol. The molecule has 1 aliphatic heterocycles. The van der Waals surface area contributed by atoms with Crippen molar-refractivity contribution in [3.8, 4) is 0 Å². The molecule has 0 bridgehead atoms. The monoisotopic (exact) mass is 142 g/mol. The summed E-state index contributed by atoms with van der Waals surface area (Å²) in [5.74, 6) is 0.435. The summed E-state index contributed by atoms with van der Waals surface area (Å²) in [6.45, 7) is 4.91. The van der Waals surface area contributed by atoms with Gasteiger partial charge >= 0.3 is 0 Å². The summed E-state index contributed by atoms with van der Waals surface area (Å²) in [4.78, 5) is 10.2. The third-order valence-electron chi connectivity index (χ3n) is 2.30. The molecule has 1 aliphatic rings. The SMILES string of the molecule is CC1(C)OCCC1CC=O. The van der Waals surface area contributed by atoms with E-state index in [1.165, 1.54) is 0 Å². The molecule has 0 N–H and O–H groups in total. The van der Waals surface area contributed by atoms with Crippen LogP contribution in [0.4, 0.5) is 0 Å². The zero-order valence-electron chi connectivity index (χ0n) is 6.59. The van der Waals surface area contributed by atoms with Gasteiger partial charge in [-0.25, -0.2) is 0 Å². The third kappa shape index (κ3) is 1.37. The van der Waals surface area contributed by atoms with E-state index in [1.54, 1.807) is 0 Å². The summed E-state index contributed by atoms with van der Waals surface area (Å²) in [6.07, 6.45) is 2.67. The second-order valence-corrected chi connectivity index (χ2v) is 3.34. The van der Waals surface area contributed by atoms with E-state index in [9.17, 15) is 4.79 Å². The summed E-state index contributed by atoms with van der Waals surface area (Å²) >= 11 is 0. The molecule has 0 saturated carbocycles. The minimum Gasteiger partial charge on any atom is -0.375 e. The van der Waals surface area contributed by atoms with Gasteiger partial charge in [0.1, 0.15) is 6.29 Å². The van der Waals surface area contributed by atoms with Crippen molar-refractivity contribution in [2.24, 2.45) is 5.92 Å². The van der Waals surface area contributed by atoms with Gasteiger partial charge in [-0.15, -0.1) is 0 Å². The lowest BCUT2D eigenvalue weighted by atomic mass is 9.89. The van der Waals surface area contributed by atoms with E-state index in [2.05, 4.69) is 0 Å². The first kappa shape index (κ1) is 7.73. The van der Waals surface area contributed by atoms with Gasteiger partial charge in [-0.05, 0) is 26.2 Å². The van der Waals surface area contributed by atoms with Crippen LogP contribution in [0.5, 0.6) is 0 Å². The summed E-state index contributed by atoms with van der Waals surface area (Å²) in [5, 5.41) is 0. The highest BCUT2D eigenvalue weighted by Crippen LogP contribution is 2.32. The van der Waals surface area contributed by atoms with Gasteiger partial charge < -0.3 is 9.53 Å². The fourth-order valence-electron chi connectivity index (χ4n) is 1.45. The standard InChI is InChI=1S/C8H14O2/c1-8(2)7(3-5-9)4-6-10-8/h5,7H,3-4,6H2,1-2H3. The van der Waals surface area contributed by atoms with Crippen LogP contribution in [-0.2, 0) is 9.53 Å². The predicted octanol–water partition coefficient (Wildman–Crippen LogP) is 1.39. The number of carbonyl (C=O) groups excluding carboxylic acids is 1. The molecule has 0 aromatic rings. The normalized spacial score (nSPS) is 30.4. The second kappa shape index (κ2) is 2.70. The van der Waals surface area contributed by atoms with Gasteiger partial charge in [0.15, 0.2) is 0 Å². The van der Waals surface area contributed by atoms with Crippen LogP contribution in [0.15, 0.2) is 0 Å². The first-order valence-corrected chi connectivity index (χ1v) is 3.74. The second-order valence-electron chi connectivity index (χ2n) is 3.34. The Labute approximate surface area is 61.6 Å². The number of carbonyl (C=O) groups is 1. The average Bonchev–Trinajstić information content (AvgIpc) is 2.13. The zero-order valence-corrected chi connectivity index (χ0v) is 6.59. The van der Waals surface area contributed by atoms with Crippen molar-refractivity contribution >= 4 is 6.29 Å². The smallest absolute Gasteiger partial charge is 0.120 e. The molecule has 1 rings (SSSR count). The van der Waals surface area contributed by atoms with E-state index in [0.717, 1.165) is 19.3 Å². The number of aldehydes is 1. The van der Waals surface area contributed by atoms with E-state index in [4.69, 9.17) is 4.74 Å². The molecule has 0 amide bonds. The fourth-order valence-corrected chi connectivity index (χ4v) is 1.45. The van der Waals surface area contributed by atoms with Gasteiger partial charge in [0.2, 0.25) is 0 Å². The Kier molecular flexibility index (Phi) is 2.09. The highest BCUT2D eigenvalue weighted by atomic mass is 16.5. The molecular weight excluding hydrogens is 128 g/mol. The van der Waals surface area contributed by atoms with Gasteiger partial charge in [-0.1, -0.05) is 0 Å². The van der Waals surface area contributed by atoms with Crippen molar-refractivity contribution in [2.75, 3.05) is 6.61 Å². The van der Waals surface area contributed by atoms with Crippen LogP contribution in [0.1, 0.15) is 26.7 Å². The lowest BCUT2D eigenvalue weighted by Gasteiger charge is -2.23. The van der Waals surface area contributed by atoms with E-state index >= 15 is 0 Å². The van der Waals surface area contributed by atoms with Crippen LogP contribution in [0.3, 0.4) is 0 Å². The van der Waals surface area contributed by atoms with Gasteiger partial charge in [0.25, 0.3) is 0 Å². The Morgan fingerprint density at radius 2 is 2.40 bits per heavy atom. The number of hydrogen-bond acceptors (Lipinski definition) is 2. The first-order valence-electron chi connectivity index (χ1n) is 3.74. The first-order chi connectivity index (χ1) is 4.67. The fraction of sp³-hybridized carbons (Fsp3) is 0.875. The molecule has 1 saturated heterocycles. The molecular formula is C8H14O2. The topological polar surface area (TPSA) is 26.3 Å². The summed E-state index contributed by atoms with van der Waals surface area (Å²) < 4.78 is 5.45. The van der Waals surface area contributed by atoms with Crippen molar-refractivity contribution in [2.45, 2.75) is 32.3 Å². The zero-order chi connectivity index (χ0) is 7.61. The number of hydrogen-bond donors (Lipinski definition) is 0. The highest BCUT2D eigenvalue weighted by Gasteiger charge is 2.34. The van der Waals surface area contributed by atoms with Gasteiger partial charge in [0, 0.05) is 13.0 Å². The van der Waals surface area contributed by atoms with E-state index in [0.29, 0.717) is 12.3 Å². The van der Waals surface area contributed by atoms with Crippen LogP contribution in [0, 0.1) is 5.92 Å². The maximum Gasteiger partial charge on any atom is 0.120 e. The molecule has 1 unspecified atom stereocenters. The minimum absolute atomic E-state index is 0.0685. The van der Waals surface area contributed by atoms with Crippen LogP contribution < -0.4 is 0 Å². The largest absolute Gasteiger partial charge is 0.375 e. The van der Waals surface area contributed by atoms with E-state index < -0.39 is 0 Å². The van der Waals surface area contributed by atoms with Crippen LogP contribution in [0.25, 0.3) is 0 Å². The van der Waals surface area contributed by atoms with Crippen molar-refractivity contribution in [1.82, 2.24) is 0 Å². The Balaban J connectivity index is 2.50. The van der Waals surface area contributed by atoms with Crippen molar-refractivity contribution in [1.29, 1.82) is 0 Å². The molecule has 1 fully saturated rings. The Hall–Kier alpha value is -0.370.